The van der Waals surface area contributed by atoms with Crippen LogP contribution in [-0.2, 0) is 19.0 Å². The maximum atomic E-state index is 16.1. The quantitative estimate of drug-likeness (QED) is 0.229. The Balaban J connectivity index is 1.37. The van der Waals surface area contributed by atoms with Gasteiger partial charge in [0, 0.05) is 12.2 Å². The molecule has 11 nitrogen and oxygen atoms in total. The van der Waals surface area contributed by atoms with E-state index in [4.69, 9.17) is 9.47 Å². The number of methoxy groups -OCH3 is 1. The Morgan fingerprint density at radius 1 is 1.15 bits per heavy atom. The standard InChI is InChI=1S/C27H27FN6O5S/c1-13-10-29-25-21(31-13)16(11-30-25)23-33-22(17-4-3-9-40-17)19(28)24(34-23)32-20-15-7-5-14(6-8-15)18(20)26(35)38-12-39-27(36)37-2/h3-4,9-11,14-15,18,20H,5-8,12H2,1-2H3,(H,29,30)(H,32,33,34)/t14?,15?,18-,20-/m0/s1. The molecule has 3 aliphatic carbocycles. The molecule has 4 aromatic rings. The number of anilines is 1. The van der Waals surface area contributed by atoms with Crippen LogP contribution in [0.5, 0.6) is 0 Å². The highest BCUT2D eigenvalue weighted by Crippen LogP contribution is 2.47. The fraction of sp³-hybridized carbons (Fsp3) is 0.407. The number of aryl methyl sites for hydroxylation is 1. The normalized spacial score (nSPS) is 21.8. The molecule has 0 saturated heterocycles. The molecule has 208 valence electrons. The summed E-state index contributed by atoms with van der Waals surface area (Å²) < 4.78 is 30.5. The molecule has 0 aliphatic heterocycles. The highest BCUT2D eigenvalue weighted by atomic mass is 32.1. The van der Waals surface area contributed by atoms with E-state index in [1.807, 2.05) is 18.4 Å². The summed E-state index contributed by atoms with van der Waals surface area (Å²) in [7, 11) is 1.17. The largest absolute Gasteiger partial charge is 0.510 e. The van der Waals surface area contributed by atoms with E-state index >= 15 is 4.39 Å². The predicted molar refractivity (Wildman–Crippen MR) is 144 cm³/mol. The van der Waals surface area contributed by atoms with Crippen molar-refractivity contribution in [2.75, 3.05) is 19.2 Å². The maximum Gasteiger partial charge on any atom is 0.510 e. The van der Waals surface area contributed by atoms with Crippen molar-refractivity contribution in [1.29, 1.82) is 0 Å². The zero-order valence-corrected chi connectivity index (χ0v) is 22.7. The van der Waals surface area contributed by atoms with Gasteiger partial charge in [-0.15, -0.1) is 11.3 Å². The molecule has 7 rings (SSSR count). The molecule has 2 N–H and O–H groups in total. The Bertz CT molecular complexity index is 1550. The van der Waals surface area contributed by atoms with Crippen molar-refractivity contribution >= 4 is 40.4 Å². The van der Waals surface area contributed by atoms with Gasteiger partial charge in [-0.3, -0.25) is 4.79 Å². The summed E-state index contributed by atoms with van der Waals surface area (Å²) in [5.41, 5.74) is 2.63. The van der Waals surface area contributed by atoms with Crippen molar-refractivity contribution < 1.29 is 28.2 Å². The molecule has 0 unspecified atom stereocenters. The molecule has 0 radical (unpaired) electrons. The van der Waals surface area contributed by atoms with Gasteiger partial charge in [-0.1, -0.05) is 6.07 Å². The van der Waals surface area contributed by atoms with Crippen LogP contribution in [0.25, 0.3) is 33.1 Å². The zero-order valence-electron chi connectivity index (χ0n) is 21.8. The smallest absolute Gasteiger partial charge is 0.438 e. The van der Waals surface area contributed by atoms with Gasteiger partial charge in [0.2, 0.25) is 6.79 Å². The number of ether oxygens (including phenoxy) is 3. The molecule has 2 atom stereocenters. The highest BCUT2D eigenvalue weighted by Gasteiger charge is 2.48. The van der Waals surface area contributed by atoms with Gasteiger partial charge in [-0.25, -0.2) is 29.1 Å². The Morgan fingerprint density at radius 3 is 2.70 bits per heavy atom. The number of esters is 1. The van der Waals surface area contributed by atoms with Crippen LogP contribution in [-0.4, -0.2) is 57.0 Å². The molecule has 2 bridgehead atoms. The minimum atomic E-state index is -0.943. The van der Waals surface area contributed by atoms with E-state index < -0.39 is 36.7 Å². The molecule has 0 amide bonds. The lowest BCUT2D eigenvalue weighted by Gasteiger charge is -2.47. The van der Waals surface area contributed by atoms with Crippen LogP contribution in [0.1, 0.15) is 31.4 Å². The Labute approximate surface area is 232 Å². The average Bonchev–Trinajstić information content (AvgIpc) is 3.65. The van der Waals surface area contributed by atoms with Crippen LogP contribution >= 0.6 is 11.3 Å². The molecule has 13 heteroatoms. The fourth-order valence-electron chi connectivity index (χ4n) is 5.83. The molecular weight excluding hydrogens is 539 g/mol. The number of carbonyl (C=O) groups excluding carboxylic acids is 2. The summed E-state index contributed by atoms with van der Waals surface area (Å²) in [6.07, 6.45) is 5.97. The minimum absolute atomic E-state index is 0.00419. The van der Waals surface area contributed by atoms with Gasteiger partial charge < -0.3 is 24.5 Å². The lowest BCUT2D eigenvalue weighted by molar-refractivity contribution is -0.164. The van der Waals surface area contributed by atoms with E-state index in [0.29, 0.717) is 21.6 Å². The SMILES string of the molecule is COC(=O)OCOC(=O)[C@H]1C2CCC(CC2)[C@@H]1Nc1nc(-c2c[nH]c3ncc(C)nc23)nc(-c2cccs2)c1F. The highest BCUT2D eigenvalue weighted by molar-refractivity contribution is 7.13. The predicted octanol–water partition coefficient (Wildman–Crippen LogP) is 5.09. The first-order valence-corrected chi connectivity index (χ1v) is 13.9. The number of nitrogens with one attached hydrogen (secondary N) is 2. The fourth-order valence-corrected chi connectivity index (χ4v) is 6.54. The van der Waals surface area contributed by atoms with Gasteiger partial charge in [0.25, 0.3) is 0 Å². The van der Waals surface area contributed by atoms with Crippen molar-refractivity contribution in [3.63, 3.8) is 0 Å². The Morgan fingerprint density at radius 2 is 1.95 bits per heavy atom. The van der Waals surface area contributed by atoms with Crippen molar-refractivity contribution in [1.82, 2.24) is 24.9 Å². The summed E-state index contributed by atoms with van der Waals surface area (Å²) in [4.78, 5) is 46.4. The first-order valence-electron chi connectivity index (χ1n) is 13.0. The minimum Gasteiger partial charge on any atom is -0.438 e. The van der Waals surface area contributed by atoms with E-state index in [1.54, 1.807) is 18.5 Å². The van der Waals surface area contributed by atoms with Gasteiger partial charge in [0.15, 0.2) is 23.1 Å². The summed E-state index contributed by atoms with van der Waals surface area (Å²) in [6, 6.07) is 3.21. The molecule has 3 fully saturated rings. The lowest BCUT2D eigenvalue weighted by atomic mass is 9.61. The van der Waals surface area contributed by atoms with Crippen molar-refractivity contribution in [2.45, 2.75) is 38.6 Å². The zero-order chi connectivity index (χ0) is 27.8. The van der Waals surface area contributed by atoms with Gasteiger partial charge in [0.05, 0.1) is 35.4 Å². The molecule has 0 aromatic carbocycles. The van der Waals surface area contributed by atoms with Crippen LogP contribution in [0.15, 0.2) is 29.9 Å². The second-order valence-electron chi connectivity index (χ2n) is 10.00. The molecule has 4 aromatic heterocycles. The number of aromatic amines is 1. The summed E-state index contributed by atoms with van der Waals surface area (Å²) in [5, 5.41) is 5.14. The lowest BCUT2D eigenvalue weighted by Crippen LogP contribution is -2.52. The van der Waals surface area contributed by atoms with Gasteiger partial charge in [-0.05, 0) is 55.9 Å². The van der Waals surface area contributed by atoms with Crippen molar-refractivity contribution in [2.24, 2.45) is 17.8 Å². The number of aromatic nitrogens is 5. The second kappa shape index (κ2) is 10.8. The molecule has 3 aliphatic rings. The molecule has 3 saturated carbocycles. The number of carbonyl (C=O) groups is 2. The van der Waals surface area contributed by atoms with Gasteiger partial charge in [0.1, 0.15) is 11.2 Å². The maximum absolute atomic E-state index is 16.1. The van der Waals surface area contributed by atoms with Crippen molar-refractivity contribution in [3.8, 4) is 22.0 Å². The summed E-state index contributed by atoms with van der Waals surface area (Å²) >= 11 is 1.37. The number of hydrogen-bond acceptors (Lipinski definition) is 11. The first-order chi connectivity index (χ1) is 19.4. The van der Waals surface area contributed by atoms with Crippen LogP contribution in [0.3, 0.4) is 0 Å². The third kappa shape index (κ3) is 4.85. The number of hydrogen-bond donors (Lipinski definition) is 2. The van der Waals surface area contributed by atoms with E-state index in [9.17, 15) is 9.59 Å². The Kier molecular flexibility index (Phi) is 7.05. The molecule has 40 heavy (non-hydrogen) atoms. The average molecular weight is 567 g/mol. The topological polar surface area (TPSA) is 141 Å². The number of thiophene rings is 1. The van der Waals surface area contributed by atoms with Crippen LogP contribution < -0.4 is 5.32 Å². The Hall–Kier alpha value is -4.13. The van der Waals surface area contributed by atoms with Crippen LogP contribution in [0.4, 0.5) is 15.0 Å². The summed E-state index contributed by atoms with van der Waals surface area (Å²) in [6.45, 7) is 1.29. The number of halogens is 1. The number of rotatable bonds is 7. The van der Waals surface area contributed by atoms with Crippen LogP contribution in [0, 0.1) is 30.5 Å². The van der Waals surface area contributed by atoms with Crippen LogP contribution in [0.2, 0.25) is 0 Å². The molecule has 0 spiro atoms. The van der Waals surface area contributed by atoms with Gasteiger partial charge in [-0.2, -0.15) is 0 Å². The molecule has 4 heterocycles. The third-order valence-corrected chi connectivity index (χ3v) is 8.56. The van der Waals surface area contributed by atoms with Crippen molar-refractivity contribution in [3.05, 3.63) is 41.4 Å². The molecular formula is C27H27FN6O5S. The number of H-pyrrole nitrogens is 1. The summed E-state index contributed by atoms with van der Waals surface area (Å²) in [5.74, 6) is -1.20. The van der Waals surface area contributed by atoms with Gasteiger partial charge >= 0.3 is 12.1 Å². The van der Waals surface area contributed by atoms with E-state index in [0.717, 1.165) is 31.4 Å². The first kappa shape index (κ1) is 26.1. The number of fused-ring (bicyclic) bond motifs is 4. The van der Waals surface area contributed by atoms with E-state index in [1.165, 1.54) is 18.4 Å². The second-order valence-corrected chi connectivity index (χ2v) is 10.9. The number of nitrogens with zero attached hydrogens (tertiary/aromatic N) is 4. The van der Waals surface area contributed by atoms with E-state index in [2.05, 4.69) is 35.0 Å². The van der Waals surface area contributed by atoms with E-state index in [-0.39, 0.29) is 29.2 Å². The third-order valence-electron chi connectivity index (χ3n) is 7.69. The monoisotopic (exact) mass is 566 g/mol.